The van der Waals surface area contributed by atoms with Gasteiger partial charge in [0.15, 0.2) is 12.4 Å². The van der Waals surface area contributed by atoms with Gasteiger partial charge in [0.05, 0.1) is 0 Å². The largest absolute Gasteiger partial charge is 0.451 e. The van der Waals surface area contributed by atoms with Crippen molar-refractivity contribution in [2.24, 2.45) is 0 Å². The van der Waals surface area contributed by atoms with Crippen molar-refractivity contribution in [3.63, 3.8) is 0 Å². The summed E-state index contributed by atoms with van der Waals surface area (Å²) in [6.07, 6.45) is 1.56. The van der Waals surface area contributed by atoms with E-state index in [4.69, 9.17) is 20.8 Å². The lowest BCUT2D eigenvalue weighted by Gasteiger charge is -2.03. The number of rotatable bonds is 7. The van der Waals surface area contributed by atoms with Gasteiger partial charge in [-0.3, -0.25) is 4.79 Å². The Labute approximate surface area is 149 Å². The number of hydrogen-bond acceptors (Lipinski definition) is 6. The summed E-state index contributed by atoms with van der Waals surface area (Å²) in [6, 6.07) is 8.40. The molecule has 0 bridgehead atoms. The summed E-state index contributed by atoms with van der Waals surface area (Å²) in [4.78, 5) is 23.8. The number of sulfonamides is 1. The van der Waals surface area contributed by atoms with Gasteiger partial charge in [-0.15, -0.1) is 0 Å². The van der Waals surface area contributed by atoms with E-state index in [0.717, 1.165) is 12.8 Å². The summed E-state index contributed by atoms with van der Waals surface area (Å²) in [5.74, 6) is -1.63. The molecule has 1 aliphatic rings. The molecule has 0 radical (unpaired) electrons. The third kappa shape index (κ3) is 4.47. The Hall–Kier alpha value is -2.16. The second kappa shape index (κ2) is 6.99. The second-order valence-corrected chi connectivity index (χ2v) is 7.60. The highest BCUT2D eigenvalue weighted by Crippen LogP contribution is 2.23. The number of hydrogen-bond donors (Lipinski definition) is 1. The van der Waals surface area contributed by atoms with Crippen LogP contribution in [0.4, 0.5) is 0 Å². The predicted molar refractivity (Wildman–Crippen MR) is 88.1 cm³/mol. The summed E-state index contributed by atoms with van der Waals surface area (Å²) >= 11 is 5.74. The summed E-state index contributed by atoms with van der Waals surface area (Å²) in [5.41, 5.74) is 0.341. The standard InChI is InChI=1S/C16H14ClNO6S/c17-11-3-1-10(2-4-11)13(19)9-23-16(20)14-7-8-15(24-14)25(21,22)18-12-5-6-12/h1-4,7-8,12,18H,5-6,9H2. The first-order valence-corrected chi connectivity index (χ1v) is 9.29. The Morgan fingerprint density at radius 2 is 1.84 bits per heavy atom. The highest BCUT2D eigenvalue weighted by molar-refractivity contribution is 7.89. The number of ether oxygens (including phenoxy) is 1. The van der Waals surface area contributed by atoms with Crippen LogP contribution in [-0.2, 0) is 14.8 Å². The number of furan rings is 1. The number of carbonyl (C=O) groups excluding carboxylic acids is 2. The molecule has 9 heteroatoms. The molecule has 1 aromatic carbocycles. The molecule has 1 N–H and O–H groups in total. The number of halogens is 1. The number of ketones is 1. The average molecular weight is 384 g/mol. The third-order valence-electron chi connectivity index (χ3n) is 3.45. The molecular formula is C16H14ClNO6S. The molecule has 1 fully saturated rings. The van der Waals surface area contributed by atoms with Crippen molar-refractivity contribution in [2.45, 2.75) is 24.0 Å². The lowest BCUT2D eigenvalue weighted by molar-refractivity contribution is 0.0438. The van der Waals surface area contributed by atoms with E-state index in [-0.39, 0.29) is 16.9 Å². The second-order valence-electron chi connectivity index (χ2n) is 5.52. The van der Waals surface area contributed by atoms with Gasteiger partial charge in [-0.25, -0.2) is 17.9 Å². The quantitative estimate of drug-likeness (QED) is 0.581. The number of nitrogens with one attached hydrogen (secondary N) is 1. The highest BCUT2D eigenvalue weighted by atomic mass is 35.5. The van der Waals surface area contributed by atoms with Gasteiger partial charge in [0, 0.05) is 16.6 Å². The van der Waals surface area contributed by atoms with Crippen LogP contribution < -0.4 is 4.72 Å². The summed E-state index contributed by atoms with van der Waals surface area (Å²) in [7, 11) is -3.79. The molecular weight excluding hydrogens is 370 g/mol. The van der Waals surface area contributed by atoms with Crippen LogP contribution in [0.1, 0.15) is 33.8 Å². The highest BCUT2D eigenvalue weighted by Gasteiger charge is 2.30. The van der Waals surface area contributed by atoms with Gasteiger partial charge in [0.2, 0.25) is 10.9 Å². The van der Waals surface area contributed by atoms with Crippen molar-refractivity contribution in [1.82, 2.24) is 4.72 Å². The molecule has 1 aliphatic carbocycles. The molecule has 0 unspecified atom stereocenters. The normalized spacial score (nSPS) is 14.3. The Bertz CT molecular complexity index is 899. The maximum Gasteiger partial charge on any atom is 0.374 e. The van der Waals surface area contributed by atoms with E-state index in [1.54, 1.807) is 12.1 Å². The smallest absolute Gasteiger partial charge is 0.374 e. The molecule has 1 saturated carbocycles. The monoisotopic (exact) mass is 383 g/mol. The lowest BCUT2D eigenvalue weighted by Crippen LogP contribution is -2.25. The van der Waals surface area contributed by atoms with Crippen LogP contribution >= 0.6 is 11.6 Å². The van der Waals surface area contributed by atoms with Gasteiger partial charge in [-0.2, -0.15) is 0 Å². The van der Waals surface area contributed by atoms with E-state index in [0.29, 0.717) is 10.6 Å². The molecule has 0 aliphatic heterocycles. The summed E-state index contributed by atoms with van der Waals surface area (Å²) in [5, 5.41) is 0.119. The molecule has 0 spiro atoms. The molecule has 132 valence electrons. The van der Waals surface area contributed by atoms with Crippen LogP contribution in [0.5, 0.6) is 0 Å². The maximum absolute atomic E-state index is 12.0. The maximum atomic E-state index is 12.0. The van der Waals surface area contributed by atoms with E-state index < -0.39 is 28.4 Å². The van der Waals surface area contributed by atoms with E-state index in [2.05, 4.69) is 4.72 Å². The van der Waals surface area contributed by atoms with Gasteiger partial charge in [-0.05, 0) is 49.2 Å². The number of benzene rings is 1. The molecule has 1 heterocycles. The minimum Gasteiger partial charge on any atom is -0.451 e. The molecule has 0 atom stereocenters. The molecule has 0 amide bonds. The van der Waals surface area contributed by atoms with Crippen LogP contribution in [-0.4, -0.2) is 32.8 Å². The van der Waals surface area contributed by atoms with Crippen molar-refractivity contribution in [3.8, 4) is 0 Å². The molecule has 7 nitrogen and oxygen atoms in total. The number of carbonyl (C=O) groups is 2. The van der Waals surface area contributed by atoms with E-state index >= 15 is 0 Å². The van der Waals surface area contributed by atoms with Crippen LogP contribution in [0.15, 0.2) is 45.9 Å². The molecule has 0 saturated heterocycles. The fourth-order valence-corrected chi connectivity index (χ4v) is 3.34. The number of Topliss-reactive ketones (excluding diaryl/α,β-unsaturated/α-hetero) is 1. The topological polar surface area (TPSA) is 103 Å². The van der Waals surface area contributed by atoms with Crippen molar-refractivity contribution in [2.75, 3.05) is 6.61 Å². The first-order valence-electron chi connectivity index (χ1n) is 7.43. The zero-order valence-corrected chi connectivity index (χ0v) is 14.5. The fraction of sp³-hybridized carbons (Fsp3) is 0.250. The van der Waals surface area contributed by atoms with Gasteiger partial charge in [0.1, 0.15) is 0 Å². The van der Waals surface area contributed by atoms with Crippen LogP contribution in [0.2, 0.25) is 5.02 Å². The predicted octanol–water partition coefficient (Wildman–Crippen LogP) is 2.41. The molecule has 1 aromatic heterocycles. The van der Waals surface area contributed by atoms with E-state index in [9.17, 15) is 18.0 Å². The Morgan fingerprint density at radius 1 is 1.16 bits per heavy atom. The van der Waals surface area contributed by atoms with Gasteiger partial charge < -0.3 is 9.15 Å². The Balaban J connectivity index is 1.60. The summed E-state index contributed by atoms with van der Waals surface area (Å²) < 4.78 is 36.3. The average Bonchev–Trinajstić information content (AvgIpc) is 3.22. The lowest BCUT2D eigenvalue weighted by atomic mass is 10.1. The van der Waals surface area contributed by atoms with Gasteiger partial charge in [0.25, 0.3) is 10.0 Å². The van der Waals surface area contributed by atoms with E-state index in [1.807, 2.05) is 0 Å². The molecule has 25 heavy (non-hydrogen) atoms. The molecule has 2 aromatic rings. The Kier molecular flexibility index (Phi) is 4.94. The number of esters is 1. The van der Waals surface area contributed by atoms with Crippen molar-refractivity contribution in [1.29, 1.82) is 0 Å². The first-order chi connectivity index (χ1) is 11.8. The van der Waals surface area contributed by atoms with Crippen LogP contribution in [0, 0.1) is 0 Å². The van der Waals surface area contributed by atoms with Crippen LogP contribution in [0.25, 0.3) is 0 Å². The fourth-order valence-electron chi connectivity index (χ4n) is 1.97. The van der Waals surface area contributed by atoms with Crippen molar-refractivity contribution < 1.29 is 27.2 Å². The minimum absolute atomic E-state index is 0.0810. The minimum atomic E-state index is -3.79. The Morgan fingerprint density at radius 3 is 2.48 bits per heavy atom. The van der Waals surface area contributed by atoms with Crippen molar-refractivity contribution in [3.05, 3.63) is 52.7 Å². The van der Waals surface area contributed by atoms with Crippen molar-refractivity contribution >= 4 is 33.4 Å². The summed E-state index contributed by atoms with van der Waals surface area (Å²) in [6.45, 7) is -0.496. The first kappa shape index (κ1) is 17.7. The third-order valence-corrected chi connectivity index (χ3v) is 5.09. The van der Waals surface area contributed by atoms with Gasteiger partial charge in [-0.1, -0.05) is 11.6 Å². The van der Waals surface area contributed by atoms with E-state index in [1.165, 1.54) is 24.3 Å². The zero-order chi connectivity index (χ0) is 18.0. The SMILES string of the molecule is O=C(COC(=O)c1ccc(S(=O)(=O)NC2CC2)o1)c1ccc(Cl)cc1. The zero-order valence-electron chi connectivity index (χ0n) is 12.9. The van der Waals surface area contributed by atoms with Gasteiger partial charge >= 0.3 is 5.97 Å². The van der Waals surface area contributed by atoms with Crippen LogP contribution in [0.3, 0.4) is 0 Å². The molecule has 3 rings (SSSR count).